The van der Waals surface area contributed by atoms with E-state index < -0.39 is 0 Å². The van der Waals surface area contributed by atoms with Gasteiger partial charge in [-0.1, -0.05) is 29.8 Å². The Hall–Kier alpha value is -4.24. The molecule has 0 saturated heterocycles. The van der Waals surface area contributed by atoms with E-state index in [9.17, 15) is 4.39 Å². The molecule has 1 heterocycles. The van der Waals surface area contributed by atoms with Crippen LogP contribution in [0.4, 0.5) is 15.9 Å². The van der Waals surface area contributed by atoms with Crippen LogP contribution in [0.3, 0.4) is 0 Å². The summed E-state index contributed by atoms with van der Waals surface area (Å²) in [4.78, 5) is 10.4. The van der Waals surface area contributed by atoms with Crippen molar-refractivity contribution in [1.82, 2.24) is 19.9 Å². The summed E-state index contributed by atoms with van der Waals surface area (Å²) in [7, 11) is 5.29. The van der Waals surface area contributed by atoms with Gasteiger partial charge < -0.3 is 15.0 Å². The van der Waals surface area contributed by atoms with Crippen molar-refractivity contribution in [1.29, 1.82) is 5.41 Å². The first-order chi connectivity index (χ1) is 17.3. The molecule has 184 valence electrons. The molecule has 2 N–H and O–H groups in total. The molecule has 1 aromatic heterocycles. The van der Waals surface area contributed by atoms with E-state index in [0.717, 1.165) is 22.2 Å². The van der Waals surface area contributed by atoms with Gasteiger partial charge in [0.2, 0.25) is 5.96 Å². The second-order valence-electron chi connectivity index (χ2n) is 8.17. The Labute approximate surface area is 213 Å². The molecule has 0 unspecified atom stereocenters. The summed E-state index contributed by atoms with van der Waals surface area (Å²) >= 11 is 6.44. The predicted octanol–water partition coefficient (Wildman–Crippen LogP) is 5.51. The molecule has 8 nitrogen and oxygen atoms in total. The molecular formula is C26H25ClFN7O. The third-order valence-corrected chi connectivity index (χ3v) is 5.54. The third-order valence-electron chi connectivity index (χ3n) is 5.25. The first-order valence-corrected chi connectivity index (χ1v) is 11.4. The number of guanidine groups is 1. The van der Waals surface area contributed by atoms with E-state index in [1.807, 2.05) is 24.3 Å². The van der Waals surface area contributed by atoms with Crippen molar-refractivity contribution >= 4 is 46.2 Å². The van der Waals surface area contributed by atoms with Gasteiger partial charge in [0.1, 0.15) is 30.3 Å². The van der Waals surface area contributed by atoms with Gasteiger partial charge in [-0.2, -0.15) is 5.10 Å². The Morgan fingerprint density at radius 1 is 1.11 bits per heavy atom. The Bertz CT molecular complexity index is 1430. The van der Waals surface area contributed by atoms with Gasteiger partial charge >= 0.3 is 0 Å². The number of aromatic nitrogens is 2. The molecule has 0 spiro atoms. The van der Waals surface area contributed by atoms with Gasteiger partial charge in [-0.15, -0.1) is 0 Å². The number of nitrogens with one attached hydrogen (secondary N) is 2. The summed E-state index contributed by atoms with van der Waals surface area (Å²) in [5.74, 6) is 1.05. The maximum Gasteiger partial charge on any atom is 0.213 e. The number of nitrogens with zero attached hydrogens (tertiary/aromatic N) is 5. The molecule has 10 heteroatoms. The minimum absolute atomic E-state index is 0.203. The average Bonchev–Trinajstić information content (AvgIpc) is 2.86. The molecule has 0 amide bonds. The van der Waals surface area contributed by atoms with Crippen LogP contribution >= 0.6 is 11.6 Å². The second-order valence-corrected chi connectivity index (χ2v) is 8.58. The number of hydrazone groups is 1. The fourth-order valence-corrected chi connectivity index (χ4v) is 3.61. The zero-order chi connectivity index (χ0) is 25.7. The minimum Gasteiger partial charge on any atom is -0.487 e. The molecule has 36 heavy (non-hydrogen) atoms. The summed E-state index contributed by atoms with van der Waals surface area (Å²) in [6.07, 6.45) is 3.17. The summed E-state index contributed by atoms with van der Waals surface area (Å²) in [6.45, 7) is 0.203. The zero-order valence-electron chi connectivity index (χ0n) is 20.0. The molecule has 3 aromatic carbocycles. The van der Waals surface area contributed by atoms with Crippen molar-refractivity contribution in [3.05, 3.63) is 89.0 Å². The van der Waals surface area contributed by atoms with Crippen molar-refractivity contribution in [2.45, 2.75) is 6.61 Å². The standard InChI is InChI=1S/C26H25ClFN7O/c1-34(2)26(29)35(3)32-14-17-7-9-23-21(12-17)25(31-16-30-23)33-20-8-10-24(22(27)13-20)36-15-18-5-4-6-19(28)11-18/h4-14,16,29H,15H2,1-3H3,(H,30,31,33). The van der Waals surface area contributed by atoms with Crippen LogP contribution in [0.5, 0.6) is 5.75 Å². The highest BCUT2D eigenvalue weighted by molar-refractivity contribution is 6.32. The van der Waals surface area contributed by atoms with Crippen LogP contribution in [0.25, 0.3) is 10.9 Å². The van der Waals surface area contributed by atoms with E-state index in [0.29, 0.717) is 22.2 Å². The monoisotopic (exact) mass is 505 g/mol. The Morgan fingerprint density at radius 3 is 2.69 bits per heavy atom. The largest absolute Gasteiger partial charge is 0.487 e. The molecule has 0 atom stereocenters. The van der Waals surface area contributed by atoms with Gasteiger partial charge in [-0.3, -0.25) is 5.41 Å². The molecule has 0 radical (unpaired) electrons. The predicted molar refractivity (Wildman–Crippen MR) is 142 cm³/mol. The van der Waals surface area contributed by atoms with Crippen molar-refractivity contribution in [3.63, 3.8) is 0 Å². The summed E-state index contributed by atoms with van der Waals surface area (Å²) in [6, 6.07) is 17.3. The van der Waals surface area contributed by atoms with Crippen molar-refractivity contribution in [2.75, 3.05) is 26.5 Å². The maximum absolute atomic E-state index is 13.4. The van der Waals surface area contributed by atoms with Gasteiger partial charge in [-0.05, 0) is 53.6 Å². The molecule has 0 fully saturated rings. The number of hydrogen-bond donors (Lipinski definition) is 2. The molecular weight excluding hydrogens is 481 g/mol. The van der Waals surface area contributed by atoms with Gasteiger partial charge in [-0.25, -0.2) is 19.4 Å². The number of benzene rings is 3. The number of anilines is 2. The summed E-state index contributed by atoms with van der Waals surface area (Å²) in [5.41, 5.74) is 3.03. The topological polar surface area (TPSA) is 89.7 Å². The normalized spacial score (nSPS) is 11.0. The van der Waals surface area contributed by atoms with E-state index in [-0.39, 0.29) is 18.4 Å². The van der Waals surface area contributed by atoms with Crippen LogP contribution in [0, 0.1) is 11.2 Å². The van der Waals surface area contributed by atoms with E-state index >= 15 is 0 Å². The van der Waals surface area contributed by atoms with E-state index in [4.69, 9.17) is 21.7 Å². The number of halogens is 2. The maximum atomic E-state index is 13.4. The lowest BCUT2D eigenvalue weighted by atomic mass is 10.1. The zero-order valence-corrected chi connectivity index (χ0v) is 20.8. The number of fused-ring (bicyclic) bond motifs is 1. The lowest BCUT2D eigenvalue weighted by molar-refractivity contribution is 0.306. The van der Waals surface area contributed by atoms with Gasteiger partial charge in [0, 0.05) is 32.2 Å². The highest BCUT2D eigenvalue weighted by atomic mass is 35.5. The first-order valence-electron chi connectivity index (χ1n) is 11.0. The molecule has 0 aliphatic carbocycles. The number of ether oxygens (including phenoxy) is 1. The van der Waals surface area contributed by atoms with Crippen molar-refractivity contribution < 1.29 is 9.13 Å². The lowest BCUT2D eigenvalue weighted by Crippen LogP contribution is -2.33. The van der Waals surface area contributed by atoms with Crippen LogP contribution < -0.4 is 10.1 Å². The highest BCUT2D eigenvalue weighted by Gasteiger charge is 2.09. The van der Waals surface area contributed by atoms with Crippen LogP contribution in [-0.2, 0) is 6.61 Å². The number of hydrogen-bond acceptors (Lipinski definition) is 6. The SMILES string of the molecule is CN(C)C(=N)N(C)N=Cc1ccc2ncnc(Nc3ccc(OCc4cccc(F)c4)c(Cl)c3)c2c1. The quantitative estimate of drug-likeness (QED) is 0.196. The smallest absolute Gasteiger partial charge is 0.213 e. The average molecular weight is 506 g/mol. The fourth-order valence-electron chi connectivity index (χ4n) is 3.37. The molecule has 4 rings (SSSR count). The van der Waals surface area contributed by atoms with Gasteiger partial charge in [0.25, 0.3) is 0 Å². The summed E-state index contributed by atoms with van der Waals surface area (Å²) in [5, 5.41) is 18.3. The van der Waals surface area contributed by atoms with Crippen molar-refractivity contribution in [2.24, 2.45) is 5.10 Å². The lowest BCUT2D eigenvalue weighted by Gasteiger charge is -2.20. The summed E-state index contributed by atoms with van der Waals surface area (Å²) < 4.78 is 19.1. The Kier molecular flexibility index (Phi) is 7.60. The molecule has 0 bridgehead atoms. The molecule has 0 aliphatic rings. The van der Waals surface area contributed by atoms with Crippen LogP contribution in [-0.4, -0.2) is 53.2 Å². The van der Waals surface area contributed by atoms with Gasteiger partial charge in [0.05, 0.1) is 16.8 Å². The van der Waals surface area contributed by atoms with Crippen molar-refractivity contribution in [3.8, 4) is 5.75 Å². The molecule has 0 aliphatic heterocycles. The van der Waals surface area contributed by atoms with Crippen LogP contribution in [0.2, 0.25) is 5.02 Å². The Balaban J connectivity index is 1.51. The second kappa shape index (κ2) is 11.0. The van der Waals surface area contributed by atoms with E-state index in [1.165, 1.54) is 23.5 Å². The van der Waals surface area contributed by atoms with Crippen LogP contribution in [0.15, 0.2) is 72.1 Å². The minimum atomic E-state index is -0.312. The van der Waals surface area contributed by atoms with Gasteiger partial charge in [0.15, 0.2) is 0 Å². The fraction of sp³-hybridized carbons (Fsp3) is 0.154. The van der Waals surface area contributed by atoms with E-state index in [1.54, 1.807) is 56.5 Å². The Morgan fingerprint density at radius 2 is 1.94 bits per heavy atom. The molecule has 4 aromatic rings. The highest BCUT2D eigenvalue weighted by Crippen LogP contribution is 2.31. The molecule has 0 saturated carbocycles. The third kappa shape index (κ3) is 6.05. The van der Waals surface area contributed by atoms with Crippen LogP contribution in [0.1, 0.15) is 11.1 Å². The van der Waals surface area contributed by atoms with E-state index in [2.05, 4.69) is 20.4 Å². The first kappa shape index (κ1) is 24.9. The number of rotatable bonds is 7.